The molecule has 19 heavy (non-hydrogen) atoms. The molecule has 3 rings (SSSR count). The Morgan fingerprint density at radius 1 is 1.47 bits per heavy atom. The topological polar surface area (TPSA) is 71.0 Å². The smallest absolute Gasteiger partial charge is 0.231 e. The summed E-state index contributed by atoms with van der Waals surface area (Å²) in [6, 6.07) is 3.76. The summed E-state index contributed by atoms with van der Waals surface area (Å²) in [7, 11) is 0. The zero-order valence-electron chi connectivity index (χ0n) is 10.2. The number of carbonyl (C=O) groups is 1. The zero-order valence-corrected chi connectivity index (χ0v) is 11.0. The first kappa shape index (κ1) is 12.0. The third kappa shape index (κ3) is 2.70. The number of anilines is 2. The SMILES string of the molecule is O=C(Nc1nccs1)[C@@H]1CCN(c2cccnn2)C1. The van der Waals surface area contributed by atoms with Gasteiger partial charge in [-0.1, -0.05) is 0 Å². The van der Waals surface area contributed by atoms with E-state index < -0.39 is 0 Å². The molecule has 0 aliphatic carbocycles. The van der Waals surface area contributed by atoms with Crippen LogP contribution in [0, 0.1) is 5.92 Å². The Bertz CT molecular complexity index is 545. The maximum Gasteiger partial charge on any atom is 0.231 e. The van der Waals surface area contributed by atoms with Crippen LogP contribution in [-0.2, 0) is 4.79 Å². The minimum absolute atomic E-state index is 0.0223. The molecule has 0 bridgehead atoms. The molecule has 0 radical (unpaired) electrons. The van der Waals surface area contributed by atoms with Crippen molar-refractivity contribution in [1.29, 1.82) is 0 Å². The van der Waals surface area contributed by atoms with Gasteiger partial charge >= 0.3 is 0 Å². The van der Waals surface area contributed by atoms with Crippen molar-refractivity contribution in [3.05, 3.63) is 29.9 Å². The minimum atomic E-state index is -0.0223. The Morgan fingerprint density at radius 3 is 3.16 bits per heavy atom. The number of nitrogens with zero attached hydrogens (tertiary/aromatic N) is 4. The highest BCUT2D eigenvalue weighted by Crippen LogP contribution is 2.23. The van der Waals surface area contributed by atoms with Gasteiger partial charge in [-0.25, -0.2) is 4.98 Å². The van der Waals surface area contributed by atoms with Crippen molar-refractivity contribution in [2.45, 2.75) is 6.42 Å². The quantitative estimate of drug-likeness (QED) is 0.916. The molecule has 3 heterocycles. The molecule has 98 valence electrons. The molecule has 1 N–H and O–H groups in total. The van der Waals surface area contributed by atoms with E-state index >= 15 is 0 Å². The van der Waals surface area contributed by atoms with Crippen molar-refractivity contribution in [3.63, 3.8) is 0 Å². The molecule has 2 aromatic heterocycles. The fourth-order valence-corrected chi connectivity index (χ4v) is 2.67. The van der Waals surface area contributed by atoms with Gasteiger partial charge in [0, 0.05) is 30.9 Å². The second-order valence-electron chi connectivity index (χ2n) is 4.34. The summed E-state index contributed by atoms with van der Waals surface area (Å²) >= 11 is 1.43. The number of rotatable bonds is 3. The molecule has 0 saturated carbocycles. The summed E-state index contributed by atoms with van der Waals surface area (Å²) in [6.07, 6.45) is 4.15. The summed E-state index contributed by atoms with van der Waals surface area (Å²) in [4.78, 5) is 18.2. The Hall–Kier alpha value is -2.02. The van der Waals surface area contributed by atoms with Crippen LogP contribution in [0.1, 0.15) is 6.42 Å². The summed E-state index contributed by atoms with van der Waals surface area (Å²) < 4.78 is 0. The van der Waals surface area contributed by atoms with Gasteiger partial charge in [0.15, 0.2) is 10.9 Å². The molecule has 7 heteroatoms. The maximum atomic E-state index is 12.1. The van der Waals surface area contributed by atoms with Crippen LogP contribution in [0.5, 0.6) is 0 Å². The van der Waals surface area contributed by atoms with Crippen molar-refractivity contribution < 1.29 is 4.79 Å². The van der Waals surface area contributed by atoms with Crippen LogP contribution in [0.15, 0.2) is 29.9 Å². The van der Waals surface area contributed by atoms with Crippen molar-refractivity contribution in [3.8, 4) is 0 Å². The highest BCUT2D eigenvalue weighted by atomic mass is 32.1. The first-order valence-corrected chi connectivity index (χ1v) is 6.94. The molecular formula is C12H13N5OS. The fraction of sp³-hybridized carbons (Fsp3) is 0.333. The third-order valence-electron chi connectivity index (χ3n) is 3.10. The van der Waals surface area contributed by atoms with Crippen molar-refractivity contribution in [1.82, 2.24) is 15.2 Å². The lowest BCUT2D eigenvalue weighted by Gasteiger charge is -2.15. The van der Waals surface area contributed by atoms with Gasteiger partial charge in [-0.15, -0.1) is 16.4 Å². The molecular weight excluding hydrogens is 262 g/mol. The fourth-order valence-electron chi connectivity index (χ4n) is 2.14. The number of hydrogen-bond donors (Lipinski definition) is 1. The van der Waals surface area contributed by atoms with E-state index in [1.54, 1.807) is 12.4 Å². The summed E-state index contributed by atoms with van der Waals surface area (Å²) in [5, 5.41) is 13.3. The number of nitrogens with one attached hydrogen (secondary N) is 1. The van der Waals surface area contributed by atoms with Crippen molar-refractivity contribution in [2.24, 2.45) is 5.92 Å². The summed E-state index contributed by atoms with van der Waals surface area (Å²) in [5.74, 6) is 0.833. The number of thiazole rings is 1. The molecule has 1 saturated heterocycles. The van der Waals surface area contributed by atoms with Crippen LogP contribution >= 0.6 is 11.3 Å². The van der Waals surface area contributed by atoms with Crippen LogP contribution in [0.3, 0.4) is 0 Å². The number of amides is 1. The van der Waals surface area contributed by atoms with E-state index in [-0.39, 0.29) is 11.8 Å². The highest BCUT2D eigenvalue weighted by molar-refractivity contribution is 7.13. The minimum Gasteiger partial charge on any atom is -0.354 e. The van der Waals surface area contributed by atoms with Crippen LogP contribution in [0.2, 0.25) is 0 Å². The molecule has 2 aromatic rings. The predicted molar refractivity (Wildman–Crippen MR) is 73.1 cm³/mol. The highest BCUT2D eigenvalue weighted by Gasteiger charge is 2.29. The maximum absolute atomic E-state index is 12.1. The van der Waals surface area contributed by atoms with E-state index in [0.717, 1.165) is 18.8 Å². The van der Waals surface area contributed by atoms with E-state index in [9.17, 15) is 4.79 Å². The average molecular weight is 275 g/mol. The monoisotopic (exact) mass is 275 g/mol. The summed E-state index contributed by atoms with van der Waals surface area (Å²) in [5.41, 5.74) is 0. The Labute approximate surface area is 114 Å². The summed E-state index contributed by atoms with van der Waals surface area (Å²) in [6.45, 7) is 1.50. The lowest BCUT2D eigenvalue weighted by atomic mass is 10.1. The normalized spacial score (nSPS) is 18.5. The Kier molecular flexibility index (Phi) is 3.37. The molecule has 0 aromatic carbocycles. The van der Waals surface area contributed by atoms with Gasteiger partial charge < -0.3 is 10.2 Å². The van der Waals surface area contributed by atoms with E-state index in [0.29, 0.717) is 11.7 Å². The standard InChI is InChI=1S/C12H13N5OS/c18-11(15-12-13-5-7-19-12)9-3-6-17(8-9)10-2-1-4-14-16-10/h1-2,4-5,7,9H,3,6,8H2,(H,13,15,18)/t9-/m1/s1. The average Bonchev–Trinajstić information content (AvgIpc) is 3.10. The van der Waals surface area contributed by atoms with Crippen LogP contribution in [0.4, 0.5) is 10.9 Å². The van der Waals surface area contributed by atoms with Gasteiger partial charge in [0.05, 0.1) is 5.92 Å². The van der Waals surface area contributed by atoms with Gasteiger partial charge in [0.1, 0.15) is 0 Å². The van der Waals surface area contributed by atoms with E-state index in [4.69, 9.17) is 0 Å². The molecule has 1 aliphatic heterocycles. The molecule has 1 fully saturated rings. The van der Waals surface area contributed by atoms with Crippen molar-refractivity contribution in [2.75, 3.05) is 23.3 Å². The molecule has 0 spiro atoms. The van der Waals surface area contributed by atoms with E-state index in [1.165, 1.54) is 11.3 Å². The molecule has 1 atom stereocenters. The lowest BCUT2D eigenvalue weighted by Crippen LogP contribution is -2.27. The van der Waals surface area contributed by atoms with Crippen LogP contribution < -0.4 is 10.2 Å². The van der Waals surface area contributed by atoms with Crippen molar-refractivity contribution >= 4 is 28.2 Å². The molecule has 0 unspecified atom stereocenters. The third-order valence-corrected chi connectivity index (χ3v) is 3.79. The van der Waals surface area contributed by atoms with Crippen LogP contribution in [-0.4, -0.2) is 34.2 Å². The van der Waals surface area contributed by atoms with E-state index in [1.807, 2.05) is 17.5 Å². The van der Waals surface area contributed by atoms with Gasteiger partial charge in [0.2, 0.25) is 5.91 Å². The van der Waals surface area contributed by atoms with Gasteiger partial charge in [-0.3, -0.25) is 4.79 Å². The first-order valence-electron chi connectivity index (χ1n) is 6.06. The number of hydrogen-bond acceptors (Lipinski definition) is 6. The second-order valence-corrected chi connectivity index (χ2v) is 5.23. The zero-order chi connectivity index (χ0) is 13.1. The van der Waals surface area contributed by atoms with Crippen LogP contribution in [0.25, 0.3) is 0 Å². The van der Waals surface area contributed by atoms with Gasteiger partial charge in [0.25, 0.3) is 0 Å². The Balaban J connectivity index is 1.61. The molecule has 1 amide bonds. The predicted octanol–water partition coefficient (Wildman–Crippen LogP) is 1.40. The Morgan fingerprint density at radius 2 is 2.42 bits per heavy atom. The van der Waals surface area contributed by atoms with Gasteiger partial charge in [-0.2, -0.15) is 5.10 Å². The largest absolute Gasteiger partial charge is 0.354 e. The molecule has 6 nitrogen and oxygen atoms in total. The lowest BCUT2D eigenvalue weighted by molar-refractivity contribution is -0.119. The van der Waals surface area contributed by atoms with E-state index in [2.05, 4.69) is 25.4 Å². The first-order chi connectivity index (χ1) is 9.33. The molecule has 1 aliphatic rings. The number of aromatic nitrogens is 3. The number of carbonyl (C=O) groups excluding carboxylic acids is 1. The second kappa shape index (κ2) is 5.31. The van der Waals surface area contributed by atoms with Gasteiger partial charge in [-0.05, 0) is 18.6 Å².